The molecule has 1 unspecified atom stereocenters. The molecule has 0 aromatic rings. The first-order valence-corrected chi connectivity index (χ1v) is 6.11. The van der Waals surface area contributed by atoms with Gasteiger partial charge >= 0.3 is 11.9 Å². The van der Waals surface area contributed by atoms with Crippen LogP contribution < -0.4 is 5.73 Å². The number of esters is 2. The van der Waals surface area contributed by atoms with Crippen molar-refractivity contribution in [2.45, 2.75) is 64.8 Å². The zero-order chi connectivity index (χ0) is 12.4. The highest BCUT2D eigenvalue weighted by molar-refractivity contribution is 5.88. The average molecular weight is 229 g/mol. The van der Waals surface area contributed by atoms with E-state index in [1.54, 1.807) is 6.92 Å². The van der Waals surface area contributed by atoms with E-state index in [2.05, 4.69) is 11.7 Å². The highest BCUT2D eigenvalue weighted by Gasteiger charge is 2.17. The number of unbranched alkanes of at least 4 members (excludes halogenated alkanes) is 4. The van der Waals surface area contributed by atoms with Crippen molar-refractivity contribution in [2.24, 2.45) is 5.73 Å². The summed E-state index contributed by atoms with van der Waals surface area (Å²) in [4.78, 5) is 22.1. The van der Waals surface area contributed by atoms with Gasteiger partial charge in [-0.3, -0.25) is 4.79 Å². The fourth-order valence-corrected chi connectivity index (χ4v) is 1.35. The van der Waals surface area contributed by atoms with Crippen LogP contribution in [0.3, 0.4) is 0 Å². The molecule has 0 bridgehead atoms. The minimum absolute atomic E-state index is 0.203. The third-order valence-electron chi connectivity index (χ3n) is 2.42. The fraction of sp³-hybridized carbons (Fsp3) is 0.833. The van der Waals surface area contributed by atoms with Crippen molar-refractivity contribution in [3.63, 3.8) is 0 Å². The van der Waals surface area contributed by atoms with Gasteiger partial charge in [0.2, 0.25) is 0 Å². The SMILES string of the molecule is CCCCCCCC(N)C(=O)OC(=O)CC. The van der Waals surface area contributed by atoms with Crippen molar-refractivity contribution >= 4 is 11.9 Å². The van der Waals surface area contributed by atoms with Crippen molar-refractivity contribution in [3.8, 4) is 0 Å². The molecule has 0 heterocycles. The van der Waals surface area contributed by atoms with Crippen LogP contribution in [0, 0.1) is 0 Å². The molecular weight excluding hydrogens is 206 g/mol. The third-order valence-corrected chi connectivity index (χ3v) is 2.42. The lowest BCUT2D eigenvalue weighted by Crippen LogP contribution is -2.33. The first-order valence-electron chi connectivity index (χ1n) is 6.11. The maximum Gasteiger partial charge on any atom is 0.330 e. The monoisotopic (exact) mass is 229 g/mol. The second kappa shape index (κ2) is 9.33. The smallest absolute Gasteiger partial charge is 0.330 e. The molecule has 0 rings (SSSR count). The third kappa shape index (κ3) is 7.40. The van der Waals surface area contributed by atoms with Gasteiger partial charge in [-0.15, -0.1) is 0 Å². The van der Waals surface area contributed by atoms with E-state index in [1.807, 2.05) is 0 Å². The quantitative estimate of drug-likeness (QED) is 0.393. The van der Waals surface area contributed by atoms with Crippen LogP contribution >= 0.6 is 0 Å². The molecule has 4 heteroatoms. The largest absolute Gasteiger partial charge is 0.392 e. The van der Waals surface area contributed by atoms with Crippen molar-refractivity contribution in [1.29, 1.82) is 0 Å². The molecule has 0 aromatic carbocycles. The van der Waals surface area contributed by atoms with Crippen LogP contribution in [-0.4, -0.2) is 18.0 Å². The standard InChI is InChI=1S/C12H23NO3/c1-3-5-6-7-8-9-10(13)12(15)16-11(14)4-2/h10H,3-9,13H2,1-2H3. The summed E-state index contributed by atoms with van der Waals surface area (Å²) in [5.74, 6) is -1.10. The molecule has 0 aliphatic rings. The molecule has 2 N–H and O–H groups in total. The lowest BCUT2D eigenvalue weighted by molar-refractivity contribution is -0.160. The van der Waals surface area contributed by atoms with Crippen molar-refractivity contribution in [1.82, 2.24) is 0 Å². The molecular formula is C12H23NO3. The molecule has 0 radical (unpaired) electrons. The number of carbonyl (C=O) groups is 2. The maximum absolute atomic E-state index is 11.3. The Morgan fingerprint density at radius 1 is 1.12 bits per heavy atom. The van der Waals surface area contributed by atoms with E-state index in [4.69, 9.17) is 5.73 Å². The van der Waals surface area contributed by atoms with Crippen LogP contribution in [0.2, 0.25) is 0 Å². The second-order valence-corrected chi connectivity index (χ2v) is 3.96. The summed E-state index contributed by atoms with van der Waals surface area (Å²) in [5, 5.41) is 0. The minimum Gasteiger partial charge on any atom is -0.392 e. The summed E-state index contributed by atoms with van der Waals surface area (Å²) in [5.41, 5.74) is 5.61. The molecule has 0 saturated heterocycles. The van der Waals surface area contributed by atoms with Crippen LogP contribution in [0.5, 0.6) is 0 Å². The Morgan fingerprint density at radius 2 is 1.75 bits per heavy atom. The van der Waals surface area contributed by atoms with Gasteiger partial charge in [0, 0.05) is 6.42 Å². The van der Waals surface area contributed by atoms with Gasteiger partial charge in [-0.1, -0.05) is 46.0 Å². The number of carbonyl (C=O) groups excluding carboxylic acids is 2. The highest BCUT2D eigenvalue weighted by Crippen LogP contribution is 2.07. The van der Waals surface area contributed by atoms with Gasteiger partial charge in [-0.25, -0.2) is 4.79 Å². The Morgan fingerprint density at radius 3 is 2.31 bits per heavy atom. The molecule has 0 fully saturated rings. The maximum atomic E-state index is 11.3. The van der Waals surface area contributed by atoms with Gasteiger partial charge in [0.05, 0.1) is 0 Å². The number of rotatable bonds is 8. The number of hydrogen-bond acceptors (Lipinski definition) is 4. The van der Waals surface area contributed by atoms with Crippen molar-refractivity contribution < 1.29 is 14.3 Å². The van der Waals surface area contributed by atoms with E-state index >= 15 is 0 Å². The van der Waals surface area contributed by atoms with Gasteiger partial charge in [0.1, 0.15) is 6.04 Å². The van der Waals surface area contributed by atoms with Crippen molar-refractivity contribution in [2.75, 3.05) is 0 Å². The number of ether oxygens (including phenoxy) is 1. The van der Waals surface area contributed by atoms with E-state index in [-0.39, 0.29) is 6.42 Å². The number of hydrogen-bond donors (Lipinski definition) is 1. The second-order valence-electron chi connectivity index (χ2n) is 3.96. The van der Waals surface area contributed by atoms with E-state index in [0.717, 1.165) is 12.8 Å². The zero-order valence-corrected chi connectivity index (χ0v) is 10.3. The van der Waals surface area contributed by atoms with Crippen LogP contribution in [0.1, 0.15) is 58.8 Å². The molecule has 0 amide bonds. The van der Waals surface area contributed by atoms with E-state index in [9.17, 15) is 9.59 Å². The molecule has 0 aliphatic carbocycles. The Hall–Kier alpha value is -0.900. The first kappa shape index (κ1) is 15.1. The lowest BCUT2D eigenvalue weighted by atomic mass is 10.1. The van der Waals surface area contributed by atoms with E-state index in [0.29, 0.717) is 6.42 Å². The summed E-state index contributed by atoms with van der Waals surface area (Å²) in [6, 6.07) is -0.655. The fourth-order valence-electron chi connectivity index (χ4n) is 1.35. The topological polar surface area (TPSA) is 69.4 Å². The molecule has 1 atom stereocenters. The molecule has 0 aliphatic heterocycles. The predicted molar refractivity (Wildman–Crippen MR) is 62.7 cm³/mol. The summed E-state index contributed by atoms with van der Waals surface area (Å²) in [7, 11) is 0. The lowest BCUT2D eigenvalue weighted by Gasteiger charge is -2.09. The van der Waals surface area contributed by atoms with Gasteiger partial charge in [0.25, 0.3) is 0 Å². The molecule has 4 nitrogen and oxygen atoms in total. The minimum atomic E-state index is -0.655. The van der Waals surface area contributed by atoms with Gasteiger partial charge in [-0.05, 0) is 6.42 Å². The molecule has 0 saturated carbocycles. The Labute approximate surface area is 97.5 Å². The summed E-state index contributed by atoms with van der Waals surface area (Å²) >= 11 is 0. The van der Waals surface area contributed by atoms with Crippen molar-refractivity contribution in [3.05, 3.63) is 0 Å². The Kier molecular flexibility index (Phi) is 8.81. The van der Waals surface area contributed by atoms with Gasteiger partial charge in [-0.2, -0.15) is 0 Å². The molecule has 16 heavy (non-hydrogen) atoms. The normalized spacial score (nSPS) is 12.2. The van der Waals surface area contributed by atoms with Gasteiger partial charge < -0.3 is 10.5 Å². The van der Waals surface area contributed by atoms with Crippen LogP contribution in [0.4, 0.5) is 0 Å². The van der Waals surface area contributed by atoms with Crippen LogP contribution in [0.25, 0.3) is 0 Å². The Bertz CT molecular complexity index is 216. The molecule has 0 spiro atoms. The Balaban J connectivity index is 3.59. The predicted octanol–water partition coefficient (Wildman–Crippen LogP) is 2.15. The summed E-state index contributed by atoms with van der Waals surface area (Å²) in [6.07, 6.45) is 6.38. The first-order chi connectivity index (χ1) is 7.61. The average Bonchev–Trinajstić information content (AvgIpc) is 2.28. The zero-order valence-electron chi connectivity index (χ0n) is 10.3. The van der Waals surface area contributed by atoms with E-state index < -0.39 is 18.0 Å². The number of nitrogens with two attached hydrogens (primary N) is 1. The summed E-state index contributed by atoms with van der Waals surface area (Å²) < 4.78 is 4.54. The van der Waals surface area contributed by atoms with Gasteiger partial charge in [0.15, 0.2) is 0 Å². The van der Waals surface area contributed by atoms with Crippen LogP contribution in [-0.2, 0) is 14.3 Å². The van der Waals surface area contributed by atoms with E-state index in [1.165, 1.54) is 19.3 Å². The molecule has 94 valence electrons. The molecule has 0 aromatic heterocycles. The summed E-state index contributed by atoms with van der Waals surface area (Å²) in [6.45, 7) is 3.80. The highest BCUT2D eigenvalue weighted by atomic mass is 16.6. The van der Waals surface area contributed by atoms with Crippen LogP contribution in [0.15, 0.2) is 0 Å².